The molecule has 1 amide bonds. The molecule has 0 saturated heterocycles. The van der Waals surface area contributed by atoms with Crippen LogP contribution in [0.15, 0.2) is 48.8 Å². The molecule has 1 N–H and O–H groups in total. The van der Waals surface area contributed by atoms with Crippen molar-refractivity contribution in [1.82, 2.24) is 10.3 Å². The molecule has 2 aromatic rings. The SMILES string of the molecule is CC(C)[C@@H](CNC(=O)C[C@@H](C)c1ccccc1C(F)(F)F)c1cccnc1. The van der Waals surface area contributed by atoms with Crippen molar-refractivity contribution in [3.63, 3.8) is 0 Å². The van der Waals surface area contributed by atoms with E-state index in [0.717, 1.165) is 11.6 Å². The van der Waals surface area contributed by atoms with Crippen molar-refractivity contribution in [3.05, 3.63) is 65.5 Å². The zero-order valence-electron chi connectivity index (χ0n) is 15.8. The average Bonchev–Trinajstić information content (AvgIpc) is 2.61. The first kappa shape index (κ1) is 20.9. The van der Waals surface area contributed by atoms with Crippen molar-refractivity contribution in [3.8, 4) is 0 Å². The van der Waals surface area contributed by atoms with E-state index in [9.17, 15) is 18.0 Å². The van der Waals surface area contributed by atoms with Gasteiger partial charge >= 0.3 is 6.18 Å². The van der Waals surface area contributed by atoms with E-state index in [1.54, 1.807) is 25.4 Å². The molecule has 3 nitrogen and oxygen atoms in total. The fourth-order valence-electron chi connectivity index (χ4n) is 3.20. The maximum Gasteiger partial charge on any atom is 0.416 e. The number of nitrogens with zero attached hydrogens (tertiary/aromatic N) is 1. The highest BCUT2D eigenvalue weighted by atomic mass is 19.4. The van der Waals surface area contributed by atoms with Crippen LogP contribution < -0.4 is 5.32 Å². The number of halogens is 3. The van der Waals surface area contributed by atoms with Gasteiger partial charge in [-0.05, 0) is 35.1 Å². The van der Waals surface area contributed by atoms with Crippen LogP contribution in [0.5, 0.6) is 0 Å². The summed E-state index contributed by atoms with van der Waals surface area (Å²) in [5, 5.41) is 2.87. The number of carbonyl (C=O) groups excluding carboxylic acids is 1. The Hall–Kier alpha value is -2.37. The minimum absolute atomic E-state index is 0.00491. The molecule has 0 aliphatic heterocycles. The van der Waals surface area contributed by atoms with Crippen LogP contribution in [0, 0.1) is 5.92 Å². The summed E-state index contributed by atoms with van der Waals surface area (Å²) in [7, 11) is 0. The lowest BCUT2D eigenvalue weighted by Crippen LogP contribution is -2.31. The van der Waals surface area contributed by atoms with Gasteiger partial charge in [0.2, 0.25) is 5.91 Å². The summed E-state index contributed by atoms with van der Waals surface area (Å²) in [6.45, 7) is 6.19. The highest BCUT2D eigenvalue weighted by molar-refractivity contribution is 5.77. The summed E-state index contributed by atoms with van der Waals surface area (Å²) in [6, 6.07) is 9.24. The Bertz CT molecular complexity index is 745. The maximum atomic E-state index is 13.2. The predicted octanol–water partition coefficient (Wildman–Crippen LogP) is 5.15. The van der Waals surface area contributed by atoms with E-state index in [4.69, 9.17) is 0 Å². The van der Waals surface area contributed by atoms with Crippen molar-refractivity contribution >= 4 is 5.91 Å². The summed E-state index contributed by atoms with van der Waals surface area (Å²) >= 11 is 0. The van der Waals surface area contributed by atoms with E-state index >= 15 is 0 Å². The third-order valence-corrected chi connectivity index (χ3v) is 4.73. The topological polar surface area (TPSA) is 42.0 Å². The van der Waals surface area contributed by atoms with Crippen LogP contribution in [-0.4, -0.2) is 17.4 Å². The lowest BCUT2D eigenvalue weighted by atomic mass is 9.89. The lowest BCUT2D eigenvalue weighted by molar-refractivity contribution is -0.138. The third kappa shape index (κ3) is 5.81. The standard InChI is InChI=1S/C21H25F3N2O/c1-14(2)18(16-7-6-10-25-12-16)13-26-20(27)11-15(3)17-8-4-5-9-19(17)21(22,23)24/h4-10,12,14-15,18H,11,13H2,1-3H3,(H,26,27)/t15-,18-/m1/s1. The van der Waals surface area contributed by atoms with Gasteiger partial charge in [0.05, 0.1) is 5.56 Å². The Morgan fingerprint density at radius 3 is 2.41 bits per heavy atom. The second-order valence-corrected chi connectivity index (χ2v) is 7.13. The number of pyridine rings is 1. The molecule has 146 valence electrons. The molecule has 1 aromatic heterocycles. The summed E-state index contributed by atoms with van der Waals surface area (Å²) in [5.41, 5.74) is 0.497. The van der Waals surface area contributed by atoms with Gasteiger partial charge in [-0.25, -0.2) is 0 Å². The number of hydrogen-bond acceptors (Lipinski definition) is 2. The minimum atomic E-state index is -4.43. The quantitative estimate of drug-likeness (QED) is 0.724. The molecule has 27 heavy (non-hydrogen) atoms. The summed E-state index contributed by atoms with van der Waals surface area (Å²) < 4.78 is 39.5. The number of nitrogens with one attached hydrogen (secondary N) is 1. The second kappa shape index (κ2) is 9.02. The Morgan fingerprint density at radius 2 is 1.81 bits per heavy atom. The van der Waals surface area contributed by atoms with E-state index in [-0.39, 0.29) is 29.7 Å². The number of hydrogen-bond donors (Lipinski definition) is 1. The zero-order valence-corrected chi connectivity index (χ0v) is 15.8. The van der Waals surface area contributed by atoms with Crippen molar-refractivity contribution in [2.24, 2.45) is 5.92 Å². The van der Waals surface area contributed by atoms with Crippen LogP contribution in [0.3, 0.4) is 0 Å². The molecular formula is C21H25F3N2O. The zero-order chi connectivity index (χ0) is 20.0. The summed E-state index contributed by atoms with van der Waals surface area (Å²) in [6.07, 6.45) is -0.951. The molecule has 0 bridgehead atoms. The Morgan fingerprint density at radius 1 is 1.11 bits per heavy atom. The molecular weight excluding hydrogens is 353 g/mol. The second-order valence-electron chi connectivity index (χ2n) is 7.13. The molecule has 0 spiro atoms. The van der Waals surface area contributed by atoms with Crippen LogP contribution in [-0.2, 0) is 11.0 Å². The number of benzene rings is 1. The van der Waals surface area contributed by atoms with Gasteiger partial charge in [0.25, 0.3) is 0 Å². The highest BCUT2D eigenvalue weighted by Crippen LogP contribution is 2.36. The van der Waals surface area contributed by atoms with Crippen LogP contribution in [0.4, 0.5) is 13.2 Å². The molecule has 1 heterocycles. The largest absolute Gasteiger partial charge is 0.416 e. The molecule has 0 fully saturated rings. The van der Waals surface area contributed by atoms with Gasteiger partial charge in [-0.1, -0.05) is 45.0 Å². The fourth-order valence-corrected chi connectivity index (χ4v) is 3.20. The van der Waals surface area contributed by atoms with Crippen molar-refractivity contribution in [2.45, 2.75) is 45.2 Å². The van der Waals surface area contributed by atoms with Gasteiger partial charge in [-0.2, -0.15) is 13.2 Å². The van der Waals surface area contributed by atoms with E-state index in [2.05, 4.69) is 24.1 Å². The van der Waals surface area contributed by atoms with Crippen molar-refractivity contribution in [1.29, 1.82) is 0 Å². The molecule has 6 heteroatoms. The average molecular weight is 378 g/mol. The Balaban J connectivity index is 2.01. The molecule has 0 saturated carbocycles. The molecule has 0 unspecified atom stereocenters. The molecule has 2 rings (SSSR count). The monoisotopic (exact) mass is 378 g/mol. The predicted molar refractivity (Wildman–Crippen MR) is 99.3 cm³/mol. The van der Waals surface area contributed by atoms with Gasteiger partial charge < -0.3 is 5.32 Å². The first-order chi connectivity index (χ1) is 12.7. The minimum Gasteiger partial charge on any atom is -0.355 e. The van der Waals surface area contributed by atoms with Crippen LogP contribution in [0.1, 0.15) is 55.7 Å². The van der Waals surface area contributed by atoms with Gasteiger partial charge in [0, 0.05) is 31.3 Å². The van der Waals surface area contributed by atoms with Crippen LogP contribution >= 0.6 is 0 Å². The smallest absolute Gasteiger partial charge is 0.355 e. The number of amides is 1. The number of alkyl halides is 3. The fraction of sp³-hybridized carbons (Fsp3) is 0.429. The molecule has 2 atom stereocenters. The van der Waals surface area contributed by atoms with Crippen molar-refractivity contribution < 1.29 is 18.0 Å². The number of carbonyl (C=O) groups is 1. The molecule has 1 aromatic carbocycles. The van der Waals surface area contributed by atoms with Crippen molar-refractivity contribution in [2.75, 3.05) is 6.54 Å². The van der Waals surface area contributed by atoms with Crippen LogP contribution in [0.2, 0.25) is 0 Å². The molecule has 0 aliphatic rings. The van der Waals surface area contributed by atoms with Crippen LogP contribution in [0.25, 0.3) is 0 Å². The van der Waals surface area contributed by atoms with E-state index in [1.807, 2.05) is 12.1 Å². The first-order valence-electron chi connectivity index (χ1n) is 9.03. The lowest BCUT2D eigenvalue weighted by Gasteiger charge is -2.22. The van der Waals surface area contributed by atoms with Gasteiger partial charge in [-0.3, -0.25) is 9.78 Å². The normalized spacial score (nSPS) is 14.0. The number of rotatable bonds is 7. The highest BCUT2D eigenvalue weighted by Gasteiger charge is 2.34. The summed E-state index contributed by atoms with van der Waals surface area (Å²) in [5.74, 6) is -0.397. The Labute approximate surface area is 158 Å². The van der Waals surface area contributed by atoms with E-state index in [0.29, 0.717) is 6.54 Å². The molecule has 0 radical (unpaired) electrons. The molecule has 0 aliphatic carbocycles. The Kier molecular flexibility index (Phi) is 6.99. The van der Waals surface area contributed by atoms with E-state index < -0.39 is 17.7 Å². The van der Waals surface area contributed by atoms with Gasteiger partial charge in [0.15, 0.2) is 0 Å². The first-order valence-corrected chi connectivity index (χ1v) is 9.03. The van der Waals surface area contributed by atoms with Gasteiger partial charge in [0.1, 0.15) is 0 Å². The summed E-state index contributed by atoms with van der Waals surface area (Å²) in [4.78, 5) is 16.5. The number of aromatic nitrogens is 1. The maximum absolute atomic E-state index is 13.2. The van der Waals surface area contributed by atoms with Gasteiger partial charge in [-0.15, -0.1) is 0 Å². The van der Waals surface area contributed by atoms with E-state index in [1.165, 1.54) is 12.1 Å². The third-order valence-electron chi connectivity index (χ3n) is 4.73.